The van der Waals surface area contributed by atoms with E-state index in [4.69, 9.17) is 16.6 Å². The Kier molecular flexibility index (Phi) is 5.16. The summed E-state index contributed by atoms with van der Waals surface area (Å²) >= 11 is 6.47. The molecule has 5 nitrogen and oxygen atoms in total. The van der Waals surface area contributed by atoms with Crippen LogP contribution in [0.4, 0.5) is 0 Å². The van der Waals surface area contributed by atoms with Crippen LogP contribution in [-0.2, 0) is 9.59 Å². The Morgan fingerprint density at radius 3 is 2.68 bits per heavy atom. The second-order valence-electron chi connectivity index (χ2n) is 5.09. The Morgan fingerprint density at radius 2 is 1.96 bits per heavy atom. The van der Waals surface area contributed by atoms with Crippen LogP contribution in [0.5, 0.6) is 0 Å². The van der Waals surface area contributed by atoms with Crippen LogP contribution in [-0.4, -0.2) is 28.4 Å². The molecule has 3 rings (SSSR count). The van der Waals surface area contributed by atoms with E-state index < -0.39 is 11.8 Å². The van der Waals surface area contributed by atoms with Crippen LogP contribution in [0.1, 0.15) is 5.76 Å². The van der Waals surface area contributed by atoms with Crippen molar-refractivity contribution in [3.63, 3.8) is 0 Å². The van der Waals surface area contributed by atoms with E-state index in [0.717, 1.165) is 4.90 Å². The summed E-state index contributed by atoms with van der Waals surface area (Å²) in [6.07, 6.45) is 2.96. The third-order valence-electron chi connectivity index (χ3n) is 3.35. The first-order valence-electron chi connectivity index (χ1n) is 7.41. The summed E-state index contributed by atoms with van der Waals surface area (Å²) in [4.78, 5) is 26.8. The number of furan rings is 1. The molecule has 1 aromatic heterocycles. The van der Waals surface area contributed by atoms with Crippen LogP contribution < -0.4 is 5.32 Å². The fraction of sp³-hybridized carbons (Fsp3) is 0.0556. The molecule has 0 aliphatic carbocycles. The molecule has 0 radical (unpaired) electrons. The highest BCUT2D eigenvalue weighted by molar-refractivity contribution is 7.99. The zero-order chi connectivity index (χ0) is 17.8. The van der Waals surface area contributed by atoms with Gasteiger partial charge in [-0.2, -0.15) is 0 Å². The van der Waals surface area contributed by atoms with E-state index in [9.17, 15) is 9.59 Å². The van der Waals surface area contributed by atoms with Gasteiger partial charge in [0.05, 0.1) is 0 Å². The number of thiocarbonyl (C=S) groups is 1. The first-order chi connectivity index (χ1) is 12.1. The van der Waals surface area contributed by atoms with Gasteiger partial charge >= 0.3 is 0 Å². The van der Waals surface area contributed by atoms with Crippen LogP contribution in [0.3, 0.4) is 0 Å². The predicted molar refractivity (Wildman–Crippen MR) is 99.9 cm³/mol. The van der Waals surface area contributed by atoms with Crippen LogP contribution >= 0.6 is 24.0 Å². The number of carbonyl (C=O) groups excluding carboxylic acids is 2. The first kappa shape index (κ1) is 17.2. The van der Waals surface area contributed by atoms with Crippen LogP contribution in [0.15, 0.2) is 75.1 Å². The van der Waals surface area contributed by atoms with Gasteiger partial charge in [-0.15, -0.1) is 6.58 Å². The molecule has 126 valence electrons. The molecule has 2 heterocycles. The standard InChI is InChI=1S/C18H14N2O3S2/c1-2-10-20-17(22)14(16(21)19-18(20)24)11-12-8-9-15(23-12)25-13-6-4-3-5-7-13/h2-9,11H,1,10H2,(H,19,21,24)/b14-11+. The average Bonchev–Trinajstić information content (AvgIpc) is 3.03. The SMILES string of the molecule is C=CCN1C(=O)/C(=C/c2ccc(Sc3ccccc3)o2)C(=O)NC1=S. The molecule has 7 heteroatoms. The van der Waals surface area contributed by atoms with E-state index in [0.29, 0.717) is 10.9 Å². The molecule has 0 bridgehead atoms. The summed E-state index contributed by atoms with van der Waals surface area (Å²) in [5.41, 5.74) is -0.0268. The summed E-state index contributed by atoms with van der Waals surface area (Å²) < 4.78 is 5.69. The predicted octanol–water partition coefficient (Wildman–Crippen LogP) is 3.24. The molecular weight excluding hydrogens is 356 g/mol. The maximum Gasteiger partial charge on any atom is 0.266 e. The van der Waals surface area contributed by atoms with E-state index in [1.165, 1.54) is 22.7 Å². The van der Waals surface area contributed by atoms with Crippen LogP contribution in [0.25, 0.3) is 6.08 Å². The molecule has 0 spiro atoms. The van der Waals surface area contributed by atoms with Gasteiger partial charge in [-0.1, -0.05) is 36.0 Å². The zero-order valence-corrected chi connectivity index (χ0v) is 14.7. The molecule has 1 saturated heterocycles. The molecule has 1 aromatic carbocycles. The van der Waals surface area contributed by atoms with E-state index in [2.05, 4.69) is 11.9 Å². The van der Waals surface area contributed by atoms with Crippen molar-refractivity contribution in [2.45, 2.75) is 9.99 Å². The molecule has 0 atom stereocenters. The van der Waals surface area contributed by atoms with E-state index >= 15 is 0 Å². The van der Waals surface area contributed by atoms with E-state index in [-0.39, 0.29) is 17.2 Å². The summed E-state index contributed by atoms with van der Waals surface area (Å²) in [7, 11) is 0. The topological polar surface area (TPSA) is 62.6 Å². The van der Waals surface area contributed by atoms with Crippen molar-refractivity contribution in [2.24, 2.45) is 0 Å². The number of amides is 2. The molecule has 0 unspecified atom stereocenters. The van der Waals surface area contributed by atoms with Crippen molar-refractivity contribution in [2.75, 3.05) is 6.54 Å². The second-order valence-corrected chi connectivity index (χ2v) is 6.56. The van der Waals surface area contributed by atoms with Gasteiger partial charge in [0.2, 0.25) is 0 Å². The third kappa shape index (κ3) is 3.89. The van der Waals surface area contributed by atoms with Gasteiger partial charge in [-0.05, 0) is 42.6 Å². The lowest BCUT2D eigenvalue weighted by atomic mass is 10.1. The van der Waals surface area contributed by atoms with Crippen molar-refractivity contribution in [3.05, 3.63) is 66.5 Å². The van der Waals surface area contributed by atoms with Crippen molar-refractivity contribution in [1.82, 2.24) is 10.2 Å². The van der Waals surface area contributed by atoms with Crippen molar-refractivity contribution in [1.29, 1.82) is 0 Å². The molecule has 1 N–H and O–H groups in total. The van der Waals surface area contributed by atoms with Gasteiger partial charge in [0.15, 0.2) is 10.2 Å². The minimum absolute atomic E-state index is 0.0268. The van der Waals surface area contributed by atoms with Crippen molar-refractivity contribution >= 4 is 47.0 Å². The van der Waals surface area contributed by atoms with Crippen LogP contribution in [0.2, 0.25) is 0 Å². The number of rotatable bonds is 5. The van der Waals surface area contributed by atoms with E-state index in [1.807, 2.05) is 30.3 Å². The largest absolute Gasteiger partial charge is 0.450 e. The minimum Gasteiger partial charge on any atom is -0.450 e. The monoisotopic (exact) mass is 370 g/mol. The molecule has 25 heavy (non-hydrogen) atoms. The number of hydrogen-bond acceptors (Lipinski definition) is 5. The Balaban J connectivity index is 1.82. The van der Waals surface area contributed by atoms with Gasteiger partial charge in [0.1, 0.15) is 11.3 Å². The fourth-order valence-electron chi connectivity index (χ4n) is 2.20. The maximum absolute atomic E-state index is 12.5. The lowest BCUT2D eigenvalue weighted by Crippen LogP contribution is -2.53. The van der Waals surface area contributed by atoms with Crippen molar-refractivity contribution in [3.8, 4) is 0 Å². The smallest absolute Gasteiger partial charge is 0.266 e. The van der Waals surface area contributed by atoms with Gasteiger partial charge in [-0.25, -0.2) is 0 Å². The van der Waals surface area contributed by atoms with Crippen LogP contribution in [0, 0.1) is 0 Å². The molecule has 1 fully saturated rings. The lowest BCUT2D eigenvalue weighted by Gasteiger charge is -2.27. The number of nitrogens with zero attached hydrogens (tertiary/aromatic N) is 1. The van der Waals surface area contributed by atoms with E-state index in [1.54, 1.807) is 18.2 Å². The Labute approximate surface area is 154 Å². The summed E-state index contributed by atoms with van der Waals surface area (Å²) in [5, 5.41) is 3.24. The van der Waals surface area contributed by atoms with Gasteiger partial charge in [0.25, 0.3) is 11.8 Å². The van der Waals surface area contributed by atoms with Gasteiger partial charge in [-0.3, -0.25) is 19.8 Å². The fourth-order valence-corrected chi connectivity index (χ4v) is 3.25. The van der Waals surface area contributed by atoms with Crippen molar-refractivity contribution < 1.29 is 14.0 Å². The molecule has 2 aromatic rings. The highest BCUT2D eigenvalue weighted by atomic mass is 32.2. The molecule has 1 aliphatic rings. The van der Waals surface area contributed by atoms with Gasteiger partial charge in [0, 0.05) is 11.4 Å². The summed E-state index contributed by atoms with van der Waals surface area (Å²) in [6, 6.07) is 13.3. The quantitative estimate of drug-likeness (QED) is 0.379. The molecule has 1 aliphatic heterocycles. The highest BCUT2D eigenvalue weighted by Crippen LogP contribution is 2.29. The number of benzene rings is 1. The molecule has 0 saturated carbocycles. The Hall–Kier alpha value is -2.64. The van der Waals surface area contributed by atoms with Gasteiger partial charge < -0.3 is 4.42 Å². The zero-order valence-electron chi connectivity index (χ0n) is 13.1. The Morgan fingerprint density at radius 1 is 1.20 bits per heavy atom. The summed E-state index contributed by atoms with van der Waals surface area (Å²) in [5.74, 6) is -0.588. The number of nitrogens with one attached hydrogen (secondary N) is 1. The highest BCUT2D eigenvalue weighted by Gasteiger charge is 2.32. The summed E-state index contributed by atoms with van der Waals surface area (Å²) in [6.45, 7) is 3.81. The Bertz CT molecular complexity index is 871. The lowest BCUT2D eigenvalue weighted by molar-refractivity contribution is -0.128. The number of hydrogen-bond donors (Lipinski definition) is 1. The normalized spacial score (nSPS) is 16.2. The minimum atomic E-state index is -0.538. The average molecular weight is 370 g/mol. The molecular formula is C18H14N2O3S2. The first-order valence-corrected chi connectivity index (χ1v) is 8.63. The maximum atomic E-state index is 12.5. The molecule has 2 amide bonds. The second kappa shape index (κ2) is 7.50. The third-order valence-corrected chi connectivity index (χ3v) is 4.60. The number of carbonyl (C=O) groups is 2.